The Morgan fingerprint density at radius 2 is 1.45 bits per heavy atom. The Morgan fingerprint density at radius 3 is 1.94 bits per heavy atom. The van der Waals surface area contributed by atoms with E-state index in [1.165, 1.54) is 32.6 Å². The van der Waals surface area contributed by atoms with Gasteiger partial charge in [-0.2, -0.15) is 0 Å². The molecule has 0 aromatic heterocycles. The predicted molar refractivity (Wildman–Crippen MR) is 143 cm³/mol. The van der Waals surface area contributed by atoms with Gasteiger partial charge in [0.05, 0.1) is 31.1 Å². The van der Waals surface area contributed by atoms with Crippen molar-refractivity contribution in [1.82, 2.24) is 0 Å². The highest BCUT2D eigenvalue weighted by Gasteiger charge is 2.37. The van der Waals surface area contributed by atoms with Crippen LogP contribution in [0.3, 0.4) is 0 Å². The summed E-state index contributed by atoms with van der Waals surface area (Å²) in [5.41, 5.74) is 5.33. The Labute approximate surface area is 193 Å². The van der Waals surface area contributed by atoms with E-state index in [9.17, 15) is 0 Å². The normalized spacial score (nSPS) is 22.3. The van der Waals surface area contributed by atoms with Crippen molar-refractivity contribution in [3.63, 3.8) is 0 Å². The molecule has 5 heteroatoms. The van der Waals surface area contributed by atoms with E-state index in [0.29, 0.717) is 0 Å². The molecule has 0 amide bonds. The van der Waals surface area contributed by atoms with E-state index in [0.717, 1.165) is 30.7 Å². The molecule has 0 unspecified atom stereocenters. The Kier molecular flexibility index (Phi) is 6.82. The van der Waals surface area contributed by atoms with E-state index in [-0.39, 0.29) is 5.25 Å². The summed E-state index contributed by atoms with van der Waals surface area (Å²) >= 11 is 0. The van der Waals surface area contributed by atoms with Crippen molar-refractivity contribution in [2.45, 2.75) is 89.5 Å². The van der Waals surface area contributed by atoms with E-state index >= 15 is 4.21 Å². The monoisotopic (exact) mass is 471 g/mol. The lowest BCUT2D eigenvalue weighted by Crippen LogP contribution is -2.51. The van der Waals surface area contributed by atoms with Crippen LogP contribution in [0, 0.1) is 20.8 Å². The second kappa shape index (κ2) is 8.64. The third-order valence-electron chi connectivity index (χ3n) is 6.61. The molecule has 2 aromatic carbocycles. The zero-order valence-corrected chi connectivity index (χ0v) is 23.9. The summed E-state index contributed by atoms with van der Waals surface area (Å²) in [4.78, 5) is 1.15. The average Bonchev–Trinajstić information content (AvgIpc) is 2.64. The van der Waals surface area contributed by atoms with Crippen LogP contribution in [0.5, 0.6) is 0 Å². The van der Waals surface area contributed by atoms with Gasteiger partial charge in [0.15, 0.2) is 0 Å². The van der Waals surface area contributed by atoms with Gasteiger partial charge in [0.1, 0.15) is 0 Å². The molecule has 0 spiro atoms. The van der Waals surface area contributed by atoms with Crippen LogP contribution in [0.4, 0.5) is 0 Å². The van der Waals surface area contributed by atoms with Crippen LogP contribution in [0.2, 0.25) is 39.3 Å². The van der Waals surface area contributed by atoms with Crippen molar-refractivity contribution in [2.24, 2.45) is 4.36 Å². The minimum absolute atomic E-state index is 0.0916. The molecular formula is C26H41NOSSi2. The highest BCUT2D eigenvalue weighted by molar-refractivity contribution is 7.94. The molecule has 0 aliphatic carbocycles. The zero-order valence-electron chi connectivity index (χ0n) is 21.1. The molecule has 0 saturated heterocycles. The lowest BCUT2D eigenvalue weighted by Gasteiger charge is -2.34. The molecule has 1 aliphatic rings. The lowest BCUT2D eigenvalue weighted by atomic mass is 9.95. The van der Waals surface area contributed by atoms with Crippen LogP contribution in [0.1, 0.15) is 35.1 Å². The van der Waals surface area contributed by atoms with Gasteiger partial charge in [-0.05, 0) is 67.1 Å². The van der Waals surface area contributed by atoms with Gasteiger partial charge in [0, 0.05) is 11.4 Å². The number of nitrogens with zero attached hydrogens (tertiary/aromatic N) is 1. The van der Waals surface area contributed by atoms with Gasteiger partial charge in [-0.1, -0.05) is 75.2 Å². The number of hydrogen-bond donors (Lipinski definition) is 0. The van der Waals surface area contributed by atoms with Crippen LogP contribution < -0.4 is 10.4 Å². The van der Waals surface area contributed by atoms with E-state index in [1.807, 2.05) is 0 Å². The Balaban J connectivity index is 2.26. The summed E-state index contributed by atoms with van der Waals surface area (Å²) in [6, 6.07) is 11.3. The highest BCUT2D eigenvalue weighted by atomic mass is 32.2. The molecule has 0 radical (unpaired) electrons. The minimum Gasteiger partial charge on any atom is -0.244 e. The fourth-order valence-electron chi connectivity index (χ4n) is 5.02. The largest absolute Gasteiger partial charge is 0.244 e. The van der Waals surface area contributed by atoms with Crippen LogP contribution in [0.25, 0.3) is 0 Å². The quantitative estimate of drug-likeness (QED) is 0.497. The topological polar surface area (TPSA) is 29.4 Å². The maximum absolute atomic E-state index is 15.0. The number of aryl methyl sites for hydroxylation is 3. The summed E-state index contributed by atoms with van der Waals surface area (Å²) in [5.74, 6) is 0. The van der Waals surface area contributed by atoms with Gasteiger partial charge in [-0.25, -0.2) is 8.57 Å². The molecule has 2 nitrogen and oxygen atoms in total. The Bertz CT molecular complexity index is 1040. The lowest BCUT2D eigenvalue weighted by molar-refractivity contribution is 0.611. The molecule has 31 heavy (non-hydrogen) atoms. The molecule has 3 rings (SSSR count). The first-order valence-corrected chi connectivity index (χ1v) is 20.3. The average molecular weight is 472 g/mol. The molecule has 1 heterocycles. The van der Waals surface area contributed by atoms with Crippen molar-refractivity contribution < 1.29 is 4.21 Å². The fourth-order valence-corrected chi connectivity index (χ4v) is 13.4. The predicted octanol–water partition coefficient (Wildman–Crippen LogP) is 5.93. The molecular weight excluding hydrogens is 431 g/mol. The van der Waals surface area contributed by atoms with Gasteiger partial charge in [0.2, 0.25) is 0 Å². The van der Waals surface area contributed by atoms with Crippen molar-refractivity contribution in [3.8, 4) is 0 Å². The third-order valence-corrected chi connectivity index (χ3v) is 13.9. The van der Waals surface area contributed by atoms with E-state index in [1.54, 1.807) is 0 Å². The minimum atomic E-state index is -2.48. The fraction of sp³-hybridized carbons (Fsp3) is 0.538. The van der Waals surface area contributed by atoms with Crippen molar-refractivity contribution in [1.29, 1.82) is 0 Å². The summed E-state index contributed by atoms with van der Waals surface area (Å²) < 4.78 is 20.1. The van der Waals surface area contributed by atoms with Gasteiger partial charge in [-0.3, -0.25) is 0 Å². The van der Waals surface area contributed by atoms with Crippen LogP contribution >= 0.6 is 0 Å². The highest BCUT2D eigenvalue weighted by Crippen LogP contribution is 2.31. The van der Waals surface area contributed by atoms with Crippen molar-refractivity contribution in [3.05, 3.63) is 52.6 Å². The van der Waals surface area contributed by atoms with Crippen LogP contribution in [0.15, 0.2) is 39.6 Å². The maximum Gasteiger partial charge on any atom is 0.0792 e. The molecule has 0 saturated carbocycles. The van der Waals surface area contributed by atoms with E-state index in [2.05, 4.69) is 90.4 Å². The van der Waals surface area contributed by atoms with Crippen LogP contribution in [-0.4, -0.2) is 32.2 Å². The van der Waals surface area contributed by atoms with E-state index < -0.39 is 25.9 Å². The first-order valence-electron chi connectivity index (χ1n) is 11.7. The standard InChI is InChI=1S/C26H41NOSSi2/c1-19-16-20(2)23(21(3)17-19)18-22-12-11-15-27-29(22,28)26-24(30(4,5)6)13-10-14-25(26)31(7,8)9/h10,13-14,16-17,22H,11-12,15,18H2,1-9H3/t22-,29-/m0/s1. The maximum atomic E-state index is 15.0. The first kappa shape index (κ1) is 24.5. The van der Waals surface area contributed by atoms with Crippen LogP contribution in [-0.2, 0) is 16.1 Å². The molecule has 2 atom stereocenters. The summed E-state index contributed by atoms with van der Waals surface area (Å²) in [6.07, 6.45) is 2.91. The zero-order chi connectivity index (χ0) is 23.2. The second-order valence-corrected chi connectivity index (χ2v) is 24.0. The molecule has 2 aromatic rings. The summed E-state index contributed by atoms with van der Waals surface area (Å²) in [5, 5.41) is 2.82. The second-order valence-electron chi connectivity index (χ2n) is 11.4. The number of rotatable bonds is 5. The Morgan fingerprint density at radius 1 is 0.935 bits per heavy atom. The number of benzene rings is 2. The summed E-state index contributed by atoms with van der Waals surface area (Å²) in [7, 11) is -5.86. The first-order chi connectivity index (χ1) is 14.2. The van der Waals surface area contributed by atoms with Crippen molar-refractivity contribution in [2.75, 3.05) is 6.54 Å². The molecule has 0 fully saturated rings. The molecule has 1 aliphatic heterocycles. The van der Waals surface area contributed by atoms with Gasteiger partial charge >= 0.3 is 0 Å². The molecule has 170 valence electrons. The molecule has 0 bridgehead atoms. The third kappa shape index (κ3) is 4.94. The number of hydrogen-bond acceptors (Lipinski definition) is 2. The summed E-state index contributed by atoms with van der Waals surface area (Å²) in [6.45, 7) is 21.6. The van der Waals surface area contributed by atoms with E-state index in [4.69, 9.17) is 4.36 Å². The Hall–Kier alpha value is -1.18. The van der Waals surface area contributed by atoms with Crippen molar-refractivity contribution >= 4 is 36.3 Å². The molecule has 0 N–H and O–H groups in total. The SMILES string of the molecule is Cc1cc(C)c(C[C@@H]2CCCN=[S@@]2(=O)c2c([Si](C)(C)C)cccc2[Si](C)(C)C)c(C)c1. The smallest absolute Gasteiger partial charge is 0.0792 e. The van der Waals surface area contributed by atoms with Gasteiger partial charge in [-0.15, -0.1) is 0 Å². The van der Waals surface area contributed by atoms with Gasteiger partial charge < -0.3 is 0 Å². The van der Waals surface area contributed by atoms with Gasteiger partial charge in [0.25, 0.3) is 0 Å².